The lowest BCUT2D eigenvalue weighted by atomic mass is 10.1. The molecule has 8 heteroatoms. The average Bonchev–Trinajstić information content (AvgIpc) is 3.29. The third-order valence-corrected chi connectivity index (χ3v) is 4.46. The summed E-state index contributed by atoms with van der Waals surface area (Å²) in [4.78, 5) is 0. The van der Waals surface area contributed by atoms with Crippen molar-refractivity contribution < 1.29 is 9.47 Å². The number of fused-ring (bicyclic) bond motifs is 1. The van der Waals surface area contributed by atoms with Gasteiger partial charge in [-0.2, -0.15) is 0 Å². The molecule has 0 saturated carbocycles. The Kier molecular flexibility index (Phi) is 4.09. The fourth-order valence-corrected chi connectivity index (χ4v) is 3.13. The predicted molar refractivity (Wildman–Crippen MR) is 90.6 cm³/mol. The van der Waals surface area contributed by atoms with Gasteiger partial charge in [-0.3, -0.25) is 0 Å². The second kappa shape index (κ2) is 6.54. The van der Waals surface area contributed by atoms with Gasteiger partial charge < -0.3 is 14.0 Å². The van der Waals surface area contributed by atoms with E-state index in [-0.39, 0.29) is 0 Å². The molecule has 4 rings (SSSR count). The monoisotopic (exact) mass is 340 g/mol. The van der Waals surface area contributed by atoms with Gasteiger partial charge in [0, 0.05) is 18.5 Å². The van der Waals surface area contributed by atoms with E-state index in [1.54, 1.807) is 18.9 Å². The summed E-state index contributed by atoms with van der Waals surface area (Å²) in [6.45, 7) is 1.54. The highest BCUT2D eigenvalue weighted by molar-refractivity contribution is 5.63. The molecule has 0 saturated heterocycles. The first-order valence-electron chi connectivity index (χ1n) is 8.32. The fraction of sp³-hybridized carbons (Fsp3) is 0.412. The maximum absolute atomic E-state index is 5.35. The first kappa shape index (κ1) is 15.6. The Morgan fingerprint density at radius 3 is 2.76 bits per heavy atom. The molecule has 3 aromatic rings. The zero-order valence-electron chi connectivity index (χ0n) is 14.3. The van der Waals surface area contributed by atoms with Gasteiger partial charge in [0.2, 0.25) is 0 Å². The first-order chi connectivity index (χ1) is 12.3. The molecule has 0 unspecified atom stereocenters. The van der Waals surface area contributed by atoms with E-state index in [1.165, 1.54) is 12.8 Å². The van der Waals surface area contributed by atoms with Crippen molar-refractivity contribution in [1.29, 1.82) is 0 Å². The zero-order valence-corrected chi connectivity index (χ0v) is 14.3. The molecule has 0 amide bonds. The third kappa shape index (κ3) is 2.95. The highest BCUT2D eigenvalue weighted by Gasteiger charge is 2.17. The molecule has 0 aliphatic carbocycles. The summed E-state index contributed by atoms with van der Waals surface area (Å²) in [7, 11) is 3.24. The number of benzene rings is 1. The van der Waals surface area contributed by atoms with Crippen molar-refractivity contribution in [2.75, 3.05) is 14.2 Å². The number of ether oxygens (including phenoxy) is 2. The van der Waals surface area contributed by atoms with Crippen molar-refractivity contribution in [2.24, 2.45) is 0 Å². The van der Waals surface area contributed by atoms with Gasteiger partial charge in [-0.25, -0.2) is 4.68 Å². The van der Waals surface area contributed by atoms with Crippen LogP contribution >= 0.6 is 0 Å². The molecule has 2 aromatic heterocycles. The Hall–Kier alpha value is -2.90. The Labute approximate surface area is 145 Å². The lowest BCUT2D eigenvalue weighted by Crippen LogP contribution is -2.15. The van der Waals surface area contributed by atoms with Gasteiger partial charge in [0.15, 0.2) is 17.3 Å². The summed E-state index contributed by atoms with van der Waals surface area (Å²) in [5.41, 5.74) is 1.70. The standard InChI is InChI=1S/C17H20N6O2/c1-24-14-7-6-12(9-15(14)25-2)13-10-22(21-18-13)11-17-20-19-16-5-3-4-8-23(16)17/h6-7,9-10H,3-5,8,11H2,1-2H3. The van der Waals surface area contributed by atoms with E-state index in [2.05, 4.69) is 25.1 Å². The van der Waals surface area contributed by atoms with Crippen LogP contribution in [-0.4, -0.2) is 44.0 Å². The molecule has 0 spiro atoms. The second-order valence-electron chi connectivity index (χ2n) is 6.01. The zero-order chi connectivity index (χ0) is 17.2. The topological polar surface area (TPSA) is 79.9 Å². The van der Waals surface area contributed by atoms with Gasteiger partial charge in [0.1, 0.15) is 18.1 Å². The van der Waals surface area contributed by atoms with E-state index in [0.29, 0.717) is 18.0 Å². The van der Waals surface area contributed by atoms with Crippen LogP contribution in [0.2, 0.25) is 0 Å². The summed E-state index contributed by atoms with van der Waals surface area (Å²) in [5, 5.41) is 17.1. The average molecular weight is 340 g/mol. The molecular weight excluding hydrogens is 320 g/mol. The molecule has 1 aliphatic rings. The molecule has 3 heterocycles. The van der Waals surface area contributed by atoms with E-state index >= 15 is 0 Å². The number of hydrogen-bond donors (Lipinski definition) is 0. The molecule has 0 fully saturated rings. The predicted octanol–water partition coefficient (Wildman–Crippen LogP) is 1.94. The molecule has 1 aliphatic heterocycles. The van der Waals surface area contributed by atoms with Crippen molar-refractivity contribution in [3.8, 4) is 22.8 Å². The summed E-state index contributed by atoms with van der Waals surface area (Å²) >= 11 is 0. The third-order valence-electron chi connectivity index (χ3n) is 4.46. The number of methoxy groups -OCH3 is 2. The van der Waals surface area contributed by atoms with Gasteiger partial charge in [-0.1, -0.05) is 5.21 Å². The largest absolute Gasteiger partial charge is 0.493 e. The molecule has 0 bridgehead atoms. The minimum absolute atomic E-state index is 0.563. The van der Waals surface area contributed by atoms with Crippen LogP contribution in [0.15, 0.2) is 24.4 Å². The number of nitrogens with zero attached hydrogens (tertiary/aromatic N) is 6. The number of rotatable bonds is 5. The van der Waals surface area contributed by atoms with Crippen LogP contribution in [0, 0.1) is 0 Å². The van der Waals surface area contributed by atoms with E-state index in [0.717, 1.165) is 35.9 Å². The van der Waals surface area contributed by atoms with E-state index in [9.17, 15) is 0 Å². The molecule has 0 atom stereocenters. The van der Waals surface area contributed by atoms with Crippen LogP contribution in [0.3, 0.4) is 0 Å². The lowest BCUT2D eigenvalue weighted by molar-refractivity contribution is 0.355. The fourth-order valence-electron chi connectivity index (χ4n) is 3.13. The van der Waals surface area contributed by atoms with Crippen molar-refractivity contribution in [3.05, 3.63) is 36.0 Å². The van der Waals surface area contributed by atoms with Gasteiger partial charge in [0.05, 0.1) is 20.4 Å². The van der Waals surface area contributed by atoms with Crippen LogP contribution in [-0.2, 0) is 19.5 Å². The smallest absolute Gasteiger partial charge is 0.161 e. The van der Waals surface area contributed by atoms with Crippen LogP contribution in [0.5, 0.6) is 11.5 Å². The normalized spacial score (nSPS) is 13.5. The van der Waals surface area contributed by atoms with E-state index < -0.39 is 0 Å². The Bertz CT molecular complexity index is 885. The molecular formula is C17H20N6O2. The molecule has 0 radical (unpaired) electrons. The van der Waals surface area contributed by atoms with Crippen molar-refractivity contribution in [2.45, 2.75) is 32.4 Å². The summed E-state index contributed by atoms with van der Waals surface area (Å²) in [6, 6.07) is 5.70. The Balaban J connectivity index is 1.57. The van der Waals surface area contributed by atoms with Crippen LogP contribution < -0.4 is 9.47 Å². The highest BCUT2D eigenvalue weighted by atomic mass is 16.5. The summed E-state index contributed by atoms with van der Waals surface area (Å²) in [6.07, 6.45) is 5.27. The Morgan fingerprint density at radius 1 is 1.04 bits per heavy atom. The van der Waals surface area contributed by atoms with E-state index in [4.69, 9.17) is 9.47 Å². The van der Waals surface area contributed by atoms with E-state index in [1.807, 2.05) is 24.4 Å². The highest BCUT2D eigenvalue weighted by Crippen LogP contribution is 2.31. The van der Waals surface area contributed by atoms with Crippen molar-refractivity contribution in [1.82, 2.24) is 29.8 Å². The number of hydrogen-bond acceptors (Lipinski definition) is 6. The van der Waals surface area contributed by atoms with Crippen molar-refractivity contribution in [3.63, 3.8) is 0 Å². The lowest BCUT2D eigenvalue weighted by Gasteiger charge is -2.14. The van der Waals surface area contributed by atoms with Crippen molar-refractivity contribution >= 4 is 0 Å². The van der Waals surface area contributed by atoms with Crippen LogP contribution in [0.1, 0.15) is 24.5 Å². The minimum Gasteiger partial charge on any atom is -0.493 e. The molecule has 0 N–H and O–H groups in total. The number of aromatic nitrogens is 6. The Morgan fingerprint density at radius 2 is 1.92 bits per heavy atom. The summed E-state index contributed by atoms with van der Waals surface area (Å²) in [5.74, 6) is 3.36. The quantitative estimate of drug-likeness (QED) is 0.706. The van der Waals surface area contributed by atoms with Gasteiger partial charge in [-0.15, -0.1) is 15.3 Å². The molecule has 25 heavy (non-hydrogen) atoms. The SMILES string of the molecule is COc1ccc(-c2cn(Cc3nnc4n3CCCC4)nn2)cc1OC. The minimum atomic E-state index is 0.563. The van der Waals surface area contributed by atoms with Gasteiger partial charge >= 0.3 is 0 Å². The van der Waals surface area contributed by atoms with Gasteiger partial charge in [-0.05, 0) is 31.0 Å². The first-order valence-corrected chi connectivity index (χ1v) is 8.32. The summed E-state index contributed by atoms with van der Waals surface area (Å²) < 4.78 is 14.6. The maximum Gasteiger partial charge on any atom is 0.161 e. The molecule has 8 nitrogen and oxygen atoms in total. The maximum atomic E-state index is 5.35. The molecule has 130 valence electrons. The second-order valence-corrected chi connectivity index (χ2v) is 6.01. The molecule has 1 aromatic carbocycles. The van der Waals surface area contributed by atoms with Gasteiger partial charge in [0.25, 0.3) is 0 Å². The number of aryl methyl sites for hydroxylation is 1. The van der Waals surface area contributed by atoms with Crippen LogP contribution in [0.25, 0.3) is 11.3 Å². The van der Waals surface area contributed by atoms with Crippen LogP contribution in [0.4, 0.5) is 0 Å².